The van der Waals surface area contributed by atoms with E-state index in [2.05, 4.69) is 10.1 Å². The van der Waals surface area contributed by atoms with Crippen molar-refractivity contribution in [1.82, 2.24) is 14.8 Å². The average Bonchev–Trinajstić information content (AvgIpc) is 2.73. The molecule has 0 radical (unpaired) electrons. The number of nitrogens with zero attached hydrogens (tertiary/aromatic N) is 3. The summed E-state index contributed by atoms with van der Waals surface area (Å²) in [5, 5.41) is 13.8. The lowest BCUT2D eigenvalue weighted by Crippen LogP contribution is -1.96. The van der Waals surface area contributed by atoms with E-state index in [1.54, 1.807) is 16.8 Å². The van der Waals surface area contributed by atoms with Crippen molar-refractivity contribution in [2.45, 2.75) is 10.8 Å². The Labute approximate surface area is 102 Å². The molecule has 0 fully saturated rings. The van der Waals surface area contributed by atoms with Crippen LogP contribution in [-0.2, 0) is 12.8 Å². The first-order valence-electron chi connectivity index (χ1n) is 4.96. The van der Waals surface area contributed by atoms with Crippen molar-refractivity contribution in [3.05, 3.63) is 41.9 Å². The Bertz CT molecular complexity index is 522. The molecule has 0 spiro atoms. The first-order chi connectivity index (χ1) is 8.15. The summed E-state index contributed by atoms with van der Waals surface area (Å²) in [6.07, 6.45) is 3.25. The molecular formula is C11H11N3O2S. The first kappa shape index (κ1) is 11.7. The van der Waals surface area contributed by atoms with Gasteiger partial charge in [-0.25, -0.2) is 9.78 Å². The van der Waals surface area contributed by atoms with Gasteiger partial charge in [0, 0.05) is 25.2 Å². The van der Waals surface area contributed by atoms with Gasteiger partial charge in [-0.05, 0) is 18.2 Å². The molecule has 2 rings (SSSR count). The predicted molar refractivity (Wildman–Crippen MR) is 64.0 cm³/mol. The van der Waals surface area contributed by atoms with Crippen molar-refractivity contribution in [3.63, 3.8) is 0 Å². The smallest absolute Gasteiger partial charge is 0.337 e. The van der Waals surface area contributed by atoms with Crippen molar-refractivity contribution >= 4 is 17.7 Å². The zero-order valence-corrected chi connectivity index (χ0v) is 10.0. The van der Waals surface area contributed by atoms with Crippen LogP contribution >= 0.6 is 11.8 Å². The summed E-state index contributed by atoms with van der Waals surface area (Å²) in [5.41, 5.74) is 1.17. The van der Waals surface area contributed by atoms with Gasteiger partial charge in [-0.1, -0.05) is 11.8 Å². The maximum absolute atomic E-state index is 10.6. The van der Waals surface area contributed by atoms with Crippen molar-refractivity contribution in [2.75, 3.05) is 0 Å². The number of aryl methyl sites for hydroxylation is 1. The van der Waals surface area contributed by atoms with E-state index in [1.165, 1.54) is 18.0 Å². The van der Waals surface area contributed by atoms with Crippen LogP contribution in [0.1, 0.15) is 16.1 Å². The molecule has 2 aromatic heterocycles. The Morgan fingerprint density at radius 3 is 2.82 bits per heavy atom. The fraction of sp³-hybridized carbons (Fsp3) is 0.182. The Kier molecular flexibility index (Phi) is 3.43. The fourth-order valence-corrected chi connectivity index (χ4v) is 2.02. The molecule has 88 valence electrons. The Morgan fingerprint density at radius 1 is 1.47 bits per heavy atom. The van der Waals surface area contributed by atoms with Crippen molar-refractivity contribution in [2.24, 2.45) is 7.05 Å². The Hall–Kier alpha value is -1.82. The molecule has 0 aliphatic heterocycles. The molecule has 0 unspecified atom stereocenters. The van der Waals surface area contributed by atoms with E-state index in [0.29, 0.717) is 0 Å². The van der Waals surface area contributed by atoms with Crippen LogP contribution in [-0.4, -0.2) is 25.8 Å². The normalized spacial score (nSPS) is 10.4. The Morgan fingerprint density at radius 2 is 2.29 bits per heavy atom. The number of hydrogen-bond acceptors (Lipinski definition) is 4. The molecule has 0 aliphatic rings. The van der Waals surface area contributed by atoms with Gasteiger partial charge in [0.25, 0.3) is 0 Å². The summed E-state index contributed by atoms with van der Waals surface area (Å²) in [6, 6.07) is 5.20. The van der Waals surface area contributed by atoms with E-state index in [1.807, 2.05) is 19.3 Å². The molecule has 0 atom stereocenters. The maximum atomic E-state index is 10.6. The molecule has 1 N–H and O–H groups in total. The SMILES string of the molecule is Cn1ccc(CSc2ccc(C(=O)O)cn2)n1. The number of carbonyl (C=O) groups is 1. The van der Waals surface area contributed by atoms with E-state index in [0.717, 1.165) is 16.5 Å². The summed E-state index contributed by atoms with van der Waals surface area (Å²) < 4.78 is 1.75. The molecule has 5 nitrogen and oxygen atoms in total. The van der Waals surface area contributed by atoms with Crippen LogP contribution in [0.5, 0.6) is 0 Å². The number of pyridine rings is 1. The van der Waals surface area contributed by atoms with Gasteiger partial charge in [-0.2, -0.15) is 5.10 Å². The molecule has 6 heteroatoms. The number of rotatable bonds is 4. The molecular weight excluding hydrogens is 238 g/mol. The van der Waals surface area contributed by atoms with Gasteiger partial charge in [0.05, 0.1) is 16.3 Å². The fourth-order valence-electron chi connectivity index (χ4n) is 1.28. The van der Waals surface area contributed by atoms with Crippen molar-refractivity contribution < 1.29 is 9.90 Å². The van der Waals surface area contributed by atoms with E-state index >= 15 is 0 Å². The van der Waals surface area contributed by atoms with E-state index in [9.17, 15) is 4.79 Å². The minimum atomic E-state index is -0.959. The van der Waals surface area contributed by atoms with Gasteiger partial charge in [0.2, 0.25) is 0 Å². The molecule has 0 saturated carbocycles. The van der Waals surface area contributed by atoms with Crippen LogP contribution in [0.2, 0.25) is 0 Å². The lowest BCUT2D eigenvalue weighted by molar-refractivity contribution is 0.0696. The van der Waals surface area contributed by atoms with Gasteiger partial charge >= 0.3 is 5.97 Å². The van der Waals surface area contributed by atoms with Gasteiger partial charge < -0.3 is 5.11 Å². The minimum Gasteiger partial charge on any atom is -0.478 e. The topological polar surface area (TPSA) is 68.0 Å². The van der Waals surface area contributed by atoms with Crippen LogP contribution in [0, 0.1) is 0 Å². The monoisotopic (exact) mass is 249 g/mol. The van der Waals surface area contributed by atoms with Gasteiger partial charge in [0.15, 0.2) is 0 Å². The highest BCUT2D eigenvalue weighted by atomic mass is 32.2. The van der Waals surface area contributed by atoms with Crippen LogP contribution in [0.4, 0.5) is 0 Å². The molecule has 0 saturated heterocycles. The van der Waals surface area contributed by atoms with E-state index < -0.39 is 5.97 Å². The highest BCUT2D eigenvalue weighted by Gasteiger charge is 2.04. The zero-order chi connectivity index (χ0) is 12.3. The lowest BCUT2D eigenvalue weighted by atomic mass is 10.3. The third-order valence-corrected chi connectivity index (χ3v) is 3.10. The largest absolute Gasteiger partial charge is 0.478 e. The van der Waals surface area contributed by atoms with Crippen LogP contribution < -0.4 is 0 Å². The molecule has 0 aliphatic carbocycles. The Balaban J connectivity index is 1.97. The van der Waals surface area contributed by atoms with E-state index in [4.69, 9.17) is 5.11 Å². The lowest BCUT2D eigenvalue weighted by Gasteiger charge is -1.99. The summed E-state index contributed by atoms with van der Waals surface area (Å²) in [7, 11) is 1.87. The molecule has 0 aromatic carbocycles. The molecule has 17 heavy (non-hydrogen) atoms. The minimum absolute atomic E-state index is 0.201. The summed E-state index contributed by atoms with van der Waals surface area (Å²) in [6.45, 7) is 0. The van der Waals surface area contributed by atoms with Crippen LogP contribution in [0.15, 0.2) is 35.6 Å². The zero-order valence-electron chi connectivity index (χ0n) is 9.20. The second kappa shape index (κ2) is 5.01. The van der Waals surface area contributed by atoms with Crippen molar-refractivity contribution in [3.8, 4) is 0 Å². The standard InChI is InChI=1S/C11H11N3O2S/c1-14-5-4-9(13-14)7-17-10-3-2-8(6-12-10)11(15)16/h2-6H,7H2,1H3,(H,15,16). The highest BCUT2D eigenvalue weighted by Crippen LogP contribution is 2.19. The number of hydrogen-bond donors (Lipinski definition) is 1. The van der Waals surface area contributed by atoms with Crippen LogP contribution in [0.25, 0.3) is 0 Å². The summed E-state index contributed by atoms with van der Waals surface area (Å²) in [4.78, 5) is 14.7. The number of aromatic nitrogens is 3. The summed E-state index contributed by atoms with van der Waals surface area (Å²) >= 11 is 1.53. The first-order valence-corrected chi connectivity index (χ1v) is 5.94. The number of aromatic carboxylic acids is 1. The highest BCUT2D eigenvalue weighted by molar-refractivity contribution is 7.98. The average molecular weight is 249 g/mol. The maximum Gasteiger partial charge on any atom is 0.337 e. The predicted octanol–water partition coefficient (Wildman–Crippen LogP) is 1.81. The van der Waals surface area contributed by atoms with Crippen LogP contribution in [0.3, 0.4) is 0 Å². The molecule has 0 amide bonds. The molecule has 2 heterocycles. The van der Waals surface area contributed by atoms with Gasteiger partial charge in [-0.15, -0.1) is 0 Å². The second-order valence-corrected chi connectivity index (χ2v) is 4.46. The number of thioether (sulfide) groups is 1. The number of carboxylic acid groups (broad SMARTS) is 1. The number of carboxylic acids is 1. The van der Waals surface area contributed by atoms with Crippen molar-refractivity contribution in [1.29, 1.82) is 0 Å². The third-order valence-electron chi connectivity index (χ3n) is 2.12. The molecule has 0 bridgehead atoms. The quantitative estimate of drug-likeness (QED) is 0.837. The van der Waals surface area contributed by atoms with E-state index in [-0.39, 0.29) is 5.56 Å². The second-order valence-electron chi connectivity index (χ2n) is 3.46. The van der Waals surface area contributed by atoms with Gasteiger partial charge in [0.1, 0.15) is 0 Å². The molecule has 2 aromatic rings. The third kappa shape index (κ3) is 3.07. The summed E-state index contributed by atoms with van der Waals surface area (Å²) in [5.74, 6) is -0.237. The van der Waals surface area contributed by atoms with Gasteiger partial charge in [-0.3, -0.25) is 4.68 Å².